The Balaban J connectivity index is 1.41. The lowest BCUT2D eigenvalue weighted by molar-refractivity contribution is -0.119. The molecule has 0 bridgehead atoms. The summed E-state index contributed by atoms with van der Waals surface area (Å²) in [6, 6.07) is 7.65. The van der Waals surface area contributed by atoms with Crippen molar-refractivity contribution in [2.75, 3.05) is 23.9 Å². The molecule has 2 unspecified atom stereocenters. The Morgan fingerprint density at radius 3 is 2.93 bits per heavy atom. The van der Waals surface area contributed by atoms with Crippen molar-refractivity contribution < 1.29 is 17.9 Å². The number of nitrogens with zero attached hydrogens (tertiary/aromatic N) is 3. The Labute approximate surface area is 180 Å². The lowest BCUT2D eigenvalue weighted by atomic mass is 10.0. The van der Waals surface area contributed by atoms with E-state index in [1.165, 1.54) is 11.8 Å². The van der Waals surface area contributed by atoms with Gasteiger partial charge in [-0.1, -0.05) is 36.0 Å². The first-order valence-corrected chi connectivity index (χ1v) is 12.7. The molecule has 2 aliphatic heterocycles. The predicted octanol–water partition coefficient (Wildman–Crippen LogP) is 2.10. The molecule has 1 aromatic carbocycles. The highest BCUT2D eigenvalue weighted by atomic mass is 32.2. The van der Waals surface area contributed by atoms with E-state index in [1.54, 1.807) is 6.08 Å². The number of hydrogen-bond acceptors (Lipinski definition) is 7. The highest BCUT2D eigenvalue weighted by molar-refractivity contribution is 7.99. The van der Waals surface area contributed by atoms with Crippen LogP contribution in [-0.2, 0) is 21.2 Å². The number of sulfone groups is 1. The van der Waals surface area contributed by atoms with Crippen LogP contribution in [-0.4, -0.2) is 53.0 Å². The van der Waals surface area contributed by atoms with Crippen molar-refractivity contribution in [1.82, 2.24) is 20.1 Å². The Morgan fingerprint density at radius 1 is 1.33 bits per heavy atom. The molecule has 1 amide bonds. The van der Waals surface area contributed by atoms with E-state index in [1.807, 2.05) is 28.8 Å². The largest absolute Gasteiger partial charge is 0.493 e. The zero-order valence-corrected chi connectivity index (χ0v) is 18.1. The number of allylic oxidation sites excluding steroid dienone is 1. The summed E-state index contributed by atoms with van der Waals surface area (Å²) in [7, 11) is -3.02. The molecule has 160 valence electrons. The van der Waals surface area contributed by atoms with Crippen LogP contribution in [0.4, 0.5) is 0 Å². The molecule has 0 aliphatic carbocycles. The number of carbonyl (C=O) groups is 1. The van der Waals surface area contributed by atoms with E-state index in [2.05, 4.69) is 22.1 Å². The van der Waals surface area contributed by atoms with Crippen LogP contribution in [0.5, 0.6) is 5.75 Å². The molecule has 30 heavy (non-hydrogen) atoms. The normalized spacial score (nSPS) is 22.1. The van der Waals surface area contributed by atoms with Gasteiger partial charge in [-0.2, -0.15) is 0 Å². The standard InChI is InChI=1S/C20H24N4O4S2/c1-2-9-24-19(14-8-11-30(26,27)13-14)22-23-20(24)29-12-18(25)21-16-7-10-28-17-6-4-3-5-15(16)17/h2-6,14,16H,1,7-13H2,(H,21,25). The molecular weight excluding hydrogens is 424 g/mol. The average Bonchev–Trinajstić information content (AvgIpc) is 3.29. The molecule has 1 fully saturated rings. The molecule has 2 atom stereocenters. The molecule has 4 rings (SSSR count). The summed E-state index contributed by atoms with van der Waals surface area (Å²) in [5.74, 6) is 1.66. The van der Waals surface area contributed by atoms with Crippen molar-refractivity contribution in [1.29, 1.82) is 0 Å². The van der Waals surface area contributed by atoms with Gasteiger partial charge in [0.05, 0.1) is 29.9 Å². The summed E-state index contributed by atoms with van der Waals surface area (Å²) in [5.41, 5.74) is 0.988. The number of para-hydroxylation sites is 1. The average molecular weight is 449 g/mol. The van der Waals surface area contributed by atoms with Crippen molar-refractivity contribution >= 4 is 27.5 Å². The minimum Gasteiger partial charge on any atom is -0.493 e. The fraction of sp³-hybridized carbons (Fsp3) is 0.450. The van der Waals surface area contributed by atoms with E-state index >= 15 is 0 Å². The van der Waals surface area contributed by atoms with E-state index in [0.717, 1.165) is 17.7 Å². The van der Waals surface area contributed by atoms with Crippen molar-refractivity contribution in [2.45, 2.75) is 36.5 Å². The van der Waals surface area contributed by atoms with Gasteiger partial charge in [-0.15, -0.1) is 16.8 Å². The first-order chi connectivity index (χ1) is 14.5. The second kappa shape index (κ2) is 8.81. The maximum Gasteiger partial charge on any atom is 0.230 e. The number of fused-ring (bicyclic) bond motifs is 1. The monoisotopic (exact) mass is 448 g/mol. The minimum absolute atomic E-state index is 0.0756. The lowest BCUT2D eigenvalue weighted by Gasteiger charge is -2.26. The zero-order valence-electron chi connectivity index (χ0n) is 16.5. The van der Waals surface area contributed by atoms with Gasteiger partial charge in [-0.05, 0) is 12.5 Å². The van der Waals surface area contributed by atoms with Crippen LogP contribution < -0.4 is 10.1 Å². The third kappa shape index (κ3) is 4.54. The van der Waals surface area contributed by atoms with E-state index in [4.69, 9.17) is 4.74 Å². The van der Waals surface area contributed by atoms with Crippen LogP contribution >= 0.6 is 11.8 Å². The maximum absolute atomic E-state index is 12.6. The smallest absolute Gasteiger partial charge is 0.230 e. The van der Waals surface area contributed by atoms with Crippen molar-refractivity contribution in [3.8, 4) is 5.75 Å². The van der Waals surface area contributed by atoms with E-state index < -0.39 is 9.84 Å². The molecule has 8 nitrogen and oxygen atoms in total. The number of nitrogens with one attached hydrogen (secondary N) is 1. The fourth-order valence-corrected chi connectivity index (χ4v) is 6.37. The lowest BCUT2D eigenvalue weighted by Crippen LogP contribution is -2.33. The maximum atomic E-state index is 12.6. The Bertz CT molecular complexity index is 1050. The summed E-state index contributed by atoms with van der Waals surface area (Å²) in [4.78, 5) is 12.6. The quantitative estimate of drug-likeness (QED) is 0.511. The highest BCUT2D eigenvalue weighted by Gasteiger charge is 2.33. The summed E-state index contributed by atoms with van der Waals surface area (Å²) >= 11 is 1.29. The van der Waals surface area contributed by atoms with Crippen LogP contribution in [0.1, 0.15) is 36.2 Å². The van der Waals surface area contributed by atoms with Gasteiger partial charge in [0.1, 0.15) is 11.6 Å². The van der Waals surface area contributed by atoms with Crippen molar-refractivity contribution in [3.05, 3.63) is 48.3 Å². The van der Waals surface area contributed by atoms with Crippen LogP contribution in [0.3, 0.4) is 0 Å². The number of ether oxygens (including phenoxy) is 1. The first-order valence-electron chi connectivity index (χ1n) is 9.85. The van der Waals surface area contributed by atoms with Gasteiger partial charge in [-0.3, -0.25) is 4.79 Å². The van der Waals surface area contributed by atoms with Crippen LogP contribution in [0.2, 0.25) is 0 Å². The summed E-state index contributed by atoms with van der Waals surface area (Å²) in [5, 5.41) is 12.1. The number of rotatable bonds is 7. The molecular formula is C20H24N4O4S2. The highest BCUT2D eigenvalue weighted by Crippen LogP contribution is 2.32. The Hall–Kier alpha value is -2.33. The van der Waals surface area contributed by atoms with Crippen molar-refractivity contribution in [2.24, 2.45) is 0 Å². The summed E-state index contributed by atoms with van der Waals surface area (Å²) in [6.07, 6.45) is 2.99. The number of carbonyl (C=O) groups excluding carboxylic acids is 1. The van der Waals surface area contributed by atoms with Gasteiger partial charge in [0.25, 0.3) is 0 Å². The van der Waals surface area contributed by atoms with Gasteiger partial charge in [0.15, 0.2) is 15.0 Å². The van der Waals surface area contributed by atoms with Gasteiger partial charge >= 0.3 is 0 Å². The molecule has 0 radical (unpaired) electrons. The topological polar surface area (TPSA) is 103 Å². The molecule has 1 aromatic heterocycles. The van der Waals surface area contributed by atoms with Gasteiger partial charge in [0.2, 0.25) is 5.91 Å². The molecule has 1 saturated heterocycles. The molecule has 10 heteroatoms. The van der Waals surface area contributed by atoms with Crippen LogP contribution in [0, 0.1) is 0 Å². The van der Waals surface area contributed by atoms with Gasteiger partial charge in [-0.25, -0.2) is 8.42 Å². The second-order valence-electron chi connectivity index (χ2n) is 7.42. The van der Waals surface area contributed by atoms with E-state index in [9.17, 15) is 13.2 Å². The third-order valence-electron chi connectivity index (χ3n) is 5.28. The van der Waals surface area contributed by atoms with Crippen LogP contribution in [0.25, 0.3) is 0 Å². The molecule has 0 spiro atoms. The number of thioether (sulfide) groups is 1. The van der Waals surface area contributed by atoms with E-state index in [-0.39, 0.29) is 35.1 Å². The second-order valence-corrected chi connectivity index (χ2v) is 10.6. The molecule has 1 N–H and O–H groups in total. The first kappa shape index (κ1) is 20.9. The number of aromatic nitrogens is 3. The Morgan fingerprint density at radius 2 is 2.17 bits per heavy atom. The molecule has 3 heterocycles. The SMILES string of the molecule is C=CCn1c(SCC(=O)NC2CCOc3ccccc32)nnc1C1CCS(=O)(=O)C1. The van der Waals surface area contributed by atoms with Crippen LogP contribution in [0.15, 0.2) is 42.1 Å². The predicted molar refractivity (Wildman–Crippen MR) is 114 cm³/mol. The summed E-state index contributed by atoms with van der Waals surface area (Å²) < 4.78 is 31.2. The number of hydrogen-bond donors (Lipinski definition) is 1. The van der Waals surface area contributed by atoms with Gasteiger partial charge < -0.3 is 14.6 Å². The van der Waals surface area contributed by atoms with Crippen molar-refractivity contribution in [3.63, 3.8) is 0 Å². The Kier molecular flexibility index (Phi) is 6.14. The molecule has 2 aromatic rings. The minimum atomic E-state index is -3.02. The number of benzene rings is 1. The molecule has 2 aliphatic rings. The zero-order chi connectivity index (χ0) is 21.1. The number of amides is 1. The fourth-order valence-electron chi connectivity index (χ4n) is 3.87. The third-order valence-corrected chi connectivity index (χ3v) is 8.02. The van der Waals surface area contributed by atoms with Gasteiger partial charge in [0, 0.05) is 24.4 Å². The summed E-state index contributed by atoms with van der Waals surface area (Å²) in [6.45, 7) is 4.81. The van der Waals surface area contributed by atoms with E-state index in [0.29, 0.717) is 30.6 Å². The molecule has 0 saturated carbocycles.